The Morgan fingerprint density at radius 2 is 2.46 bits per heavy atom. The van der Waals surface area contributed by atoms with Gasteiger partial charge in [0.15, 0.2) is 0 Å². The van der Waals surface area contributed by atoms with E-state index >= 15 is 0 Å². The summed E-state index contributed by atoms with van der Waals surface area (Å²) in [4.78, 5) is 14.5. The highest BCUT2D eigenvalue weighted by molar-refractivity contribution is 5.72. The molecule has 0 aromatic carbocycles. The number of carbonyl (C=O) groups excluding carboxylic acids is 1. The Morgan fingerprint density at radius 3 is 2.92 bits per heavy atom. The highest BCUT2D eigenvalue weighted by atomic mass is 16.3. The van der Waals surface area contributed by atoms with Gasteiger partial charge in [0.25, 0.3) is 0 Å². The highest BCUT2D eigenvalue weighted by Crippen LogP contribution is 2.13. The fourth-order valence-corrected chi connectivity index (χ4v) is 1.64. The Labute approximate surface area is 78.1 Å². The van der Waals surface area contributed by atoms with Crippen molar-refractivity contribution in [1.29, 1.82) is 0 Å². The van der Waals surface area contributed by atoms with Crippen LogP contribution in [-0.4, -0.2) is 60.3 Å². The van der Waals surface area contributed by atoms with E-state index in [1.807, 2.05) is 7.05 Å². The number of carbonyl (C=O) groups is 1. The van der Waals surface area contributed by atoms with Crippen molar-refractivity contribution in [2.75, 3.05) is 33.3 Å². The first kappa shape index (κ1) is 10.3. The van der Waals surface area contributed by atoms with Crippen molar-refractivity contribution < 1.29 is 9.90 Å². The van der Waals surface area contributed by atoms with E-state index in [1.165, 1.54) is 0 Å². The van der Waals surface area contributed by atoms with Crippen LogP contribution < -0.4 is 5.73 Å². The van der Waals surface area contributed by atoms with Gasteiger partial charge < -0.3 is 15.7 Å². The second-order valence-corrected chi connectivity index (χ2v) is 3.43. The summed E-state index contributed by atoms with van der Waals surface area (Å²) in [5, 5.41) is 8.73. The van der Waals surface area contributed by atoms with Crippen LogP contribution in [0.4, 0.5) is 4.79 Å². The molecule has 0 aliphatic carbocycles. The summed E-state index contributed by atoms with van der Waals surface area (Å²) in [6.07, 6.45) is 0.944. The zero-order valence-corrected chi connectivity index (χ0v) is 7.94. The molecule has 13 heavy (non-hydrogen) atoms. The van der Waals surface area contributed by atoms with Crippen LogP contribution >= 0.6 is 0 Å². The minimum atomic E-state index is -0.347. The number of likely N-dealkylation sites (tertiary alicyclic amines) is 1. The Balaban J connectivity index is 2.35. The van der Waals surface area contributed by atoms with Crippen LogP contribution in [0, 0.1) is 0 Å². The number of amides is 2. The third-order valence-electron chi connectivity index (χ3n) is 2.55. The van der Waals surface area contributed by atoms with E-state index in [-0.39, 0.29) is 12.6 Å². The lowest BCUT2D eigenvalue weighted by Crippen LogP contribution is -2.39. The molecule has 5 nitrogen and oxygen atoms in total. The fraction of sp³-hybridized carbons (Fsp3) is 0.875. The SMILES string of the molecule is CN(CCO)C1CCN(C(N)=O)C1. The van der Waals surface area contributed by atoms with Crippen molar-refractivity contribution in [3.8, 4) is 0 Å². The molecule has 1 atom stereocenters. The minimum Gasteiger partial charge on any atom is -0.395 e. The number of aliphatic hydroxyl groups is 1. The maximum absolute atomic E-state index is 10.8. The molecule has 3 N–H and O–H groups in total. The lowest BCUT2D eigenvalue weighted by molar-refractivity contribution is 0.178. The smallest absolute Gasteiger partial charge is 0.314 e. The highest BCUT2D eigenvalue weighted by Gasteiger charge is 2.26. The molecule has 0 radical (unpaired) electrons. The van der Waals surface area contributed by atoms with Crippen molar-refractivity contribution in [2.24, 2.45) is 5.73 Å². The summed E-state index contributed by atoms with van der Waals surface area (Å²) in [5.74, 6) is 0. The lowest BCUT2D eigenvalue weighted by atomic mass is 10.2. The van der Waals surface area contributed by atoms with Gasteiger partial charge in [-0.05, 0) is 13.5 Å². The third-order valence-corrected chi connectivity index (χ3v) is 2.55. The quantitative estimate of drug-likeness (QED) is 0.599. The van der Waals surface area contributed by atoms with E-state index in [1.54, 1.807) is 4.90 Å². The van der Waals surface area contributed by atoms with Gasteiger partial charge in [-0.3, -0.25) is 4.90 Å². The summed E-state index contributed by atoms with van der Waals surface area (Å²) in [5.41, 5.74) is 5.15. The predicted octanol–water partition coefficient (Wildman–Crippen LogP) is -0.936. The number of rotatable bonds is 3. The molecule has 2 amide bonds. The summed E-state index contributed by atoms with van der Waals surface area (Å²) >= 11 is 0. The molecular formula is C8H17N3O2. The molecule has 1 fully saturated rings. The van der Waals surface area contributed by atoms with E-state index < -0.39 is 0 Å². The zero-order valence-electron chi connectivity index (χ0n) is 7.94. The van der Waals surface area contributed by atoms with Gasteiger partial charge in [0, 0.05) is 25.7 Å². The zero-order chi connectivity index (χ0) is 9.84. The molecule has 0 aromatic rings. The van der Waals surface area contributed by atoms with Gasteiger partial charge in [-0.25, -0.2) is 4.79 Å². The molecule has 0 aromatic heterocycles. The van der Waals surface area contributed by atoms with Gasteiger partial charge in [0.1, 0.15) is 0 Å². The number of nitrogens with two attached hydrogens (primary N) is 1. The molecule has 1 heterocycles. The van der Waals surface area contributed by atoms with Gasteiger partial charge in [-0.1, -0.05) is 0 Å². The van der Waals surface area contributed by atoms with Gasteiger partial charge in [-0.2, -0.15) is 0 Å². The Morgan fingerprint density at radius 1 is 1.77 bits per heavy atom. The number of hydrogen-bond donors (Lipinski definition) is 2. The summed E-state index contributed by atoms with van der Waals surface area (Å²) in [6, 6.07) is -0.000418. The number of hydrogen-bond acceptors (Lipinski definition) is 3. The summed E-state index contributed by atoms with van der Waals surface area (Å²) < 4.78 is 0. The van der Waals surface area contributed by atoms with Crippen LogP contribution in [0.2, 0.25) is 0 Å². The maximum atomic E-state index is 10.8. The monoisotopic (exact) mass is 187 g/mol. The number of urea groups is 1. The van der Waals surface area contributed by atoms with Crippen LogP contribution in [0.3, 0.4) is 0 Å². The molecule has 1 saturated heterocycles. The Kier molecular flexibility index (Phi) is 3.50. The van der Waals surface area contributed by atoms with Crippen LogP contribution in [0.5, 0.6) is 0 Å². The molecule has 1 aliphatic rings. The Hall–Kier alpha value is -0.810. The van der Waals surface area contributed by atoms with Crippen LogP contribution in [0.25, 0.3) is 0 Å². The van der Waals surface area contributed by atoms with Crippen LogP contribution in [0.1, 0.15) is 6.42 Å². The normalized spacial score (nSPS) is 22.7. The average molecular weight is 187 g/mol. The second-order valence-electron chi connectivity index (χ2n) is 3.43. The third kappa shape index (κ3) is 2.57. The van der Waals surface area contributed by atoms with Crippen LogP contribution in [0.15, 0.2) is 0 Å². The molecule has 0 saturated carbocycles. The van der Waals surface area contributed by atoms with Crippen molar-refractivity contribution in [3.05, 3.63) is 0 Å². The second kappa shape index (κ2) is 4.43. The first-order chi connectivity index (χ1) is 6.15. The molecule has 1 rings (SSSR count). The maximum Gasteiger partial charge on any atom is 0.314 e. The van der Waals surface area contributed by atoms with E-state index in [9.17, 15) is 4.79 Å². The summed E-state index contributed by atoms with van der Waals surface area (Å²) in [7, 11) is 1.95. The van der Waals surface area contributed by atoms with Gasteiger partial charge in [-0.15, -0.1) is 0 Å². The van der Waals surface area contributed by atoms with E-state index in [2.05, 4.69) is 4.90 Å². The van der Waals surface area contributed by atoms with Crippen LogP contribution in [-0.2, 0) is 0 Å². The van der Waals surface area contributed by atoms with Crippen molar-refractivity contribution >= 4 is 6.03 Å². The van der Waals surface area contributed by atoms with E-state index in [0.717, 1.165) is 13.0 Å². The topological polar surface area (TPSA) is 69.8 Å². The molecule has 76 valence electrons. The molecular weight excluding hydrogens is 170 g/mol. The first-order valence-corrected chi connectivity index (χ1v) is 4.50. The molecule has 0 spiro atoms. The predicted molar refractivity (Wildman–Crippen MR) is 49.3 cm³/mol. The largest absolute Gasteiger partial charge is 0.395 e. The lowest BCUT2D eigenvalue weighted by Gasteiger charge is -2.23. The molecule has 5 heteroatoms. The molecule has 1 aliphatic heterocycles. The fourth-order valence-electron chi connectivity index (χ4n) is 1.64. The minimum absolute atomic E-state index is 0.156. The van der Waals surface area contributed by atoms with E-state index in [4.69, 9.17) is 10.8 Å². The van der Waals surface area contributed by atoms with Gasteiger partial charge in [0.2, 0.25) is 0 Å². The number of likely N-dealkylation sites (N-methyl/N-ethyl adjacent to an activating group) is 1. The Bertz CT molecular complexity index is 186. The number of primary amides is 1. The average Bonchev–Trinajstić information content (AvgIpc) is 2.52. The van der Waals surface area contributed by atoms with E-state index in [0.29, 0.717) is 19.1 Å². The number of aliphatic hydroxyl groups excluding tert-OH is 1. The first-order valence-electron chi connectivity index (χ1n) is 4.50. The van der Waals surface area contributed by atoms with Crippen molar-refractivity contribution in [2.45, 2.75) is 12.5 Å². The molecule has 0 bridgehead atoms. The molecule has 1 unspecified atom stereocenters. The van der Waals surface area contributed by atoms with Gasteiger partial charge >= 0.3 is 6.03 Å². The number of nitrogens with zero attached hydrogens (tertiary/aromatic N) is 2. The summed E-state index contributed by atoms with van der Waals surface area (Å²) in [6.45, 7) is 2.22. The van der Waals surface area contributed by atoms with Crippen molar-refractivity contribution in [1.82, 2.24) is 9.80 Å². The van der Waals surface area contributed by atoms with Crippen molar-refractivity contribution in [3.63, 3.8) is 0 Å². The van der Waals surface area contributed by atoms with Gasteiger partial charge in [0.05, 0.1) is 6.61 Å². The standard InChI is InChI=1S/C8H17N3O2/c1-10(4-5-12)7-2-3-11(6-7)8(9)13/h7,12H,2-6H2,1H3,(H2,9,13).